The van der Waals surface area contributed by atoms with Gasteiger partial charge >= 0.3 is 16.9 Å². The van der Waals surface area contributed by atoms with Crippen LogP contribution in [0.3, 0.4) is 0 Å². The zero-order valence-corrected chi connectivity index (χ0v) is 12.1. The third-order valence-electron chi connectivity index (χ3n) is 3.70. The van der Waals surface area contributed by atoms with Gasteiger partial charge in [-0.05, 0) is 18.3 Å². The van der Waals surface area contributed by atoms with E-state index in [0.717, 1.165) is 34.6 Å². The fourth-order valence-corrected chi connectivity index (χ4v) is 3.06. The van der Waals surface area contributed by atoms with Gasteiger partial charge in [-0.1, -0.05) is 22.4 Å². The molecule has 0 aromatic carbocycles. The van der Waals surface area contributed by atoms with Crippen molar-refractivity contribution in [3.05, 3.63) is 37.1 Å². The van der Waals surface area contributed by atoms with Crippen LogP contribution in [0, 0.1) is 15.5 Å². The molecular weight excluding hydrogens is 318 g/mol. The van der Waals surface area contributed by atoms with Crippen LogP contribution < -0.4 is 11.2 Å². The Morgan fingerprint density at radius 2 is 2.11 bits per heavy atom. The Balaban J connectivity index is 2.53. The number of halogens is 1. The molecule has 0 bridgehead atoms. The van der Waals surface area contributed by atoms with E-state index in [1.807, 2.05) is 0 Å². The lowest BCUT2D eigenvalue weighted by Crippen LogP contribution is -2.46. The molecule has 1 aromatic rings. The standard InChI is InChI=1S/C11H14BrN3O4/c1-13-5-8(15(18)19)9(16)14(10(13)17)7-11(6-12)3-2-4-11/h5H,2-4,6-7H2,1H3. The van der Waals surface area contributed by atoms with Crippen LogP contribution in [0.4, 0.5) is 5.69 Å². The van der Waals surface area contributed by atoms with Crippen molar-refractivity contribution < 1.29 is 4.92 Å². The van der Waals surface area contributed by atoms with Gasteiger partial charge in [0, 0.05) is 18.9 Å². The highest BCUT2D eigenvalue weighted by molar-refractivity contribution is 9.09. The number of nitro groups is 1. The zero-order chi connectivity index (χ0) is 14.2. The van der Waals surface area contributed by atoms with Crippen molar-refractivity contribution in [1.29, 1.82) is 0 Å². The van der Waals surface area contributed by atoms with Crippen LogP contribution in [0.15, 0.2) is 15.8 Å². The highest BCUT2D eigenvalue weighted by Crippen LogP contribution is 2.43. The molecule has 1 heterocycles. The molecule has 1 fully saturated rings. The minimum absolute atomic E-state index is 0.134. The molecule has 1 saturated carbocycles. The summed E-state index contributed by atoms with van der Waals surface area (Å²) in [4.78, 5) is 34.1. The molecule has 0 saturated heterocycles. The van der Waals surface area contributed by atoms with Crippen LogP contribution in [-0.2, 0) is 13.6 Å². The van der Waals surface area contributed by atoms with E-state index in [1.165, 1.54) is 7.05 Å². The Bertz CT molecular complexity index is 624. The predicted octanol–water partition coefficient (Wildman–Crippen LogP) is 1.02. The Morgan fingerprint density at radius 1 is 1.47 bits per heavy atom. The topological polar surface area (TPSA) is 87.1 Å². The van der Waals surface area contributed by atoms with Crippen LogP contribution >= 0.6 is 15.9 Å². The average Bonchev–Trinajstić information content (AvgIpc) is 2.32. The zero-order valence-electron chi connectivity index (χ0n) is 10.5. The molecule has 8 heteroatoms. The maximum atomic E-state index is 12.0. The van der Waals surface area contributed by atoms with Gasteiger partial charge in [-0.25, -0.2) is 4.79 Å². The second-order valence-corrected chi connectivity index (χ2v) is 5.60. The fourth-order valence-electron chi connectivity index (χ4n) is 2.32. The Hall–Kier alpha value is -1.44. The van der Waals surface area contributed by atoms with Crippen LogP contribution in [0.2, 0.25) is 0 Å². The average molecular weight is 332 g/mol. The van der Waals surface area contributed by atoms with Crippen molar-refractivity contribution in [1.82, 2.24) is 9.13 Å². The van der Waals surface area contributed by atoms with Gasteiger partial charge < -0.3 is 0 Å². The van der Waals surface area contributed by atoms with Gasteiger partial charge in [0.15, 0.2) is 0 Å². The predicted molar refractivity (Wildman–Crippen MR) is 72.7 cm³/mol. The van der Waals surface area contributed by atoms with Gasteiger partial charge in [0.2, 0.25) is 0 Å². The molecule has 0 unspecified atom stereocenters. The summed E-state index contributed by atoms with van der Waals surface area (Å²) in [7, 11) is 1.41. The van der Waals surface area contributed by atoms with E-state index >= 15 is 0 Å². The van der Waals surface area contributed by atoms with Gasteiger partial charge in [-0.3, -0.25) is 24.0 Å². The molecule has 2 rings (SSSR count). The molecule has 104 valence electrons. The van der Waals surface area contributed by atoms with Gasteiger partial charge in [0.05, 0.1) is 11.1 Å². The van der Waals surface area contributed by atoms with Crippen molar-refractivity contribution >= 4 is 21.6 Å². The van der Waals surface area contributed by atoms with Crippen molar-refractivity contribution in [2.45, 2.75) is 25.8 Å². The molecule has 1 aliphatic rings. The van der Waals surface area contributed by atoms with Crippen molar-refractivity contribution in [2.75, 3.05) is 5.33 Å². The van der Waals surface area contributed by atoms with Crippen LogP contribution in [0.1, 0.15) is 19.3 Å². The number of hydrogen-bond acceptors (Lipinski definition) is 4. The van der Waals surface area contributed by atoms with Gasteiger partial charge in [-0.15, -0.1) is 0 Å². The quantitative estimate of drug-likeness (QED) is 0.468. The normalized spacial score (nSPS) is 16.9. The van der Waals surface area contributed by atoms with E-state index in [-0.39, 0.29) is 12.0 Å². The number of nitrogens with zero attached hydrogens (tertiary/aromatic N) is 3. The van der Waals surface area contributed by atoms with E-state index in [4.69, 9.17) is 0 Å². The highest BCUT2D eigenvalue weighted by Gasteiger charge is 2.37. The summed E-state index contributed by atoms with van der Waals surface area (Å²) in [6.45, 7) is 0.228. The van der Waals surface area contributed by atoms with Crippen LogP contribution in [-0.4, -0.2) is 19.4 Å². The molecule has 7 nitrogen and oxygen atoms in total. The maximum absolute atomic E-state index is 12.0. The SMILES string of the molecule is Cn1cc([N+](=O)[O-])c(=O)n(CC2(CBr)CCC2)c1=O. The number of aromatic nitrogens is 2. The summed E-state index contributed by atoms with van der Waals surface area (Å²) in [5.41, 5.74) is -2.03. The number of aryl methyl sites for hydroxylation is 1. The molecule has 19 heavy (non-hydrogen) atoms. The third kappa shape index (κ3) is 2.36. The fraction of sp³-hybridized carbons (Fsp3) is 0.636. The van der Waals surface area contributed by atoms with Crippen molar-refractivity contribution in [3.8, 4) is 0 Å². The summed E-state index contributed by atoms with van der Waals surface area (Å²) in [6.07, 6.45) is 3.85. The molecule has 0 aliphatic heterocycles. The molecule has 0 radical (unpaired) electrons. The minimum atomic E-state index is -0.819. The minimum Gasteiger partial charge on any atom is -0.297 e. The van der Waals surface area contributed by atoms with Crippen LogP contribution in [0.5, 0.6) is 0 Å². The Kier molecular flexibility index (Phi) is 3.62. The summed E-state index contributed by atoms with van der Waals surface area (Å²) in [6, 6.07) is 0. The van der Waals surface area contributed by atoms with Crippen molar-refractivity contribution in [2.24, 2.45) is 12.5 Å². The lowest BCUT2D eigenvalue weighted by molar-refractivity contribution is -0.387. The lowest BCUT2D eigenvalue weighted by Gasteiger charge is -2.40. The van der Waals surface area contributed by atoms with Crippen LogP contribution in [0.25, 0.3) is 0 Å². The Labute approximate surface area is 117 Å². The maximum Gasteiger partial charge on any atom is 0.350 e. The first-order valence-corrected chi connectivity index (χ1v) is 7.03. The van der Waals surface area contributed by atoms with Gasteiger partial charge in [0.1, 0.15) is 0 Å². The van der Waals surface area contributed by atoms with Gasteiger partial charge in [0.25, 0.3) is 0 Å². The Morgan fingerprint density at radius 3 is 2.53 bits per heavy atom. The number of hydrogen-bond donors (Lipinski definition) is 0. The van der Waals surface area contributed by atoms with Gasteiger partial charge in [-0.2, -0.15) is 0 Å². The second-order valence-electron chi connectivity index (χ2n) is 5.04. The first kappa shape index (κ1) is 14.0. The van der Waals surface area contributed by atoms with E-state index in [2.05, 4.69) is 15.9 Å². The molecule has 0 atom stereocenters. The highest BCUT2D eigenvalue weighted by atomic mass is 79.9. The lowest BCUT2D eigenvalue weighted by atomic mass is 9.70. The molecule has 1 aromatic heterocycles. The summed E-state index contributed by atoms with van der Waals surface area (Å²) in [5.74, 6) is 0. The molecule has 0 N–H and O–H groups in total. The third-order valence-corrected chi connectivity index (χ3v) is 4.89. The largest absolute Gasteiger partial charge is 0.350 e. The van der Waals surface area contributed by atoms with E-state index in [1.54, 1.807) is 0 Å². The number of rotatable bonds is 4. The van der Waals surface area contributed by atoms with Crippen molar-refractivity contribution in [3.63, 3.8) is 0 Å². The van der Waals surface area contributed by atoms with E-state index < -0.39 is 21.9 Å². The van der Waals surface area contributed by atoms with E-state index in [0.29, 0.717) is 5.33 Å². The molecular formula is C11H14BrN3O4. The molecule has 1 aliphatic carbocycles. The summed E-state index contributed by atoms with van der Waals surface area (Å²) < 4.78 is 2.07. The summed E-state index contributed by atoms with van der Waals surface area (Å²) >= 11 is 3.40. The summed E-state index contributed by atoms with van der Waals surface area (Å²) in [5, 5.41) is 11.5. The smallest absolute Gasteiger partial charge is 0.297 e. The first-order chi connectivity index (χ1) is 8.90. The number of alkyl halides is 1. The molecule has 0 spiro atoms. The second kappa shape index (κ2) is 4.92. The van der Waals surface area contributed by atoms with E-state index in [9.17, 15) is 19.7 Å². The first-order valence-electron chi connectivity index (χ1n) is 5.91. The monoisotopic (exact) mass is 331 g/mol. The molecule has 0 amide bonds.